The predicted molar refractivity (Wildman–Crippen MR) is 128 cm³/mol. The molecule has 148 valence electrons. The van der Waals surface area contributed by atoms with Gasteiger partial charge in [-0.3, -0.25) is 0 Å². The van der Waals surface area contributed by atoms with Crippen LogP contribution in [0.15, 0.2) is 109 Å². The zero-order chi connectivity index (χ0) is 20.4. The second-order valence-corrected chi connectivity index (χ2v) is 11.5. The minimum absolute atomic E-state index is 0.812. The zero-order valence-corrected chi connectivity index (χ0v) is 17.9. The number of hydrogen-bond donors (Lipinski definition) is 0. The Hall–Kier alpha value is -3.29. The molecule has 0 fully saturated rings. The van der Waals surface area contributed by atoms with Gasteiger partial charge in [0.2, 0.25) is 0 Å². The van der Waals surface area contributed by atoms with Crippen molar-refractivity contribution in [1.29, 1.82) is 0 Å². The Morgan fingerprint density at radius 2 is 1.13 bits per heavy atom. The van der Waals surface area contributed by atoms with E-state index in [9.17, 15) is 0 Å². The quantitative estimate of drug-likeness (QED) is 0.406. The van der Waals surface area contributed by atoms with E-state index >= 15 is 0 Å². The minimum atomic E-state index is -2.38. The molecule has 0 aliphatic carbocycles. The predicted octanol–water partition coefficient (Wildman–Crippen LogP) is 4.26. The van der Waals surface area contributed by atoms with Crippen LogP contribution in [0.1, 0.15) is 11.5 Å². The molecule has 5 rings (SSSR count). The standard InChI is InChI=1S/C26H24N3P/c1-21-12-11-19-26-27-25(28-29(21)26)20-30(22-13-5-2-6-14-22,23-15-7-3-8-16-23)24-17-9-4-10-18-24/h2-19,30H,20H2,1H3. The van der Waals surface area contributed by atoms with Crippen LogP contribution in [0.25, 0.3) is 5.65 Å². The van der Waals surface area contributed by atoms with Gasteiger partial charge in [0.1, 0.15) is 0 Å². The SMILES string of the molecule is Cc1cccc2nc(C[PH](c3ccccc3)(c3ccccc3)c3ccccc3)nn12. The Bertz CT molecular complexity index is 1170. The van der Waals surface area contributed by atoms with Crippen molar-refractivity contribution in [2.45, 2.75) is 13.1 Å². The number of pyridine rings is 1. The Kier molecular flexibility index (Phi) is 4.90. The van der Waals surface area contributed by atoms with Gasteiger partial charge >= 0.3 is 177 Å². The fourth-order valence-electron chi connectivity index (χ4n) is 4.37. The van der Waals surface area contributed by atoms with Gasteiger partial charge in [0, 0.05) is 0 Å². The fraction of sp³-hybridized carbons (Fsp3) is 0.0769. The van der Waals surface area contributed by atoms with Gasteiger partial charge in [0.05, 0.1) is 0 Å². The molecule has 0 amide bonds. The van der Waals surface area contributed by atoms with Gasteiger partial charge in [-0.25, -0.2) is 0 Å². The van der Waals surface area contributed by atoms with E-state index in [1.54, 1.807) is 0 Å². The van der Waals surface area contributed by atoms with Crippen molar-refractivity contribution < 1.29 is 0 Å². The molecule has 2 heterocycles. The van der Waals surface area contributed by atoms with Crippen LogP contribution in [-0.4, -0.2) is 14.6 Å². The maximum absolute atomic E-state index is 4.92. The Morgan fingerprint density at radius 3 is 1.60 bits per heavy atom. The van der Waals surface area contributed by atoms with Gasteiger partial charge < -0.3 is 0 Å². The van der Waals surface area contributed by atoms with Crippen LogP contribution in [0.4, 0.5) is 0 Å². The number of aryl methyl sites for hydroxylation is 1. The number of hydrogen-bond acceptors (Lipinski definition) is 2. The molecule has 0 aliphatic rings. The van der Waals surface area contributed by atoms with Crippen LogP contribution in [0.5, 0.6) is 0 Å². The van der Waals surface area contributed by atoms with E-state index in [-0.39, 0.29) is 0 Å². The summed E-state index contributed by atoms with van der Waals surface area (Å²) in [6.07, 6.45) is 0.812. The summed E-state index contributed by atoms with van der Waals surface area (Å²) < 4.78 is 1.95. The summed E-state index contributed by atoms with van der Waals surface area (Å²) >= 11 is 0. The van der Waals surface area contributed by atoms with E-state index in [1.165, 1.54) is 15.9 Å². The van der Waals surface area contributed by atoms with Crippen molar-refractivity contribution in [2.24, 2.45) is 0 Å². The molecule has 0 unspecified atom stereocenters. The summed E-state index contributed by atoms with van der Waals surface area (Å²) in [7, 11) is -2.38. The molecule has 5 aromatic rings. The van der Waals surface area contributed by atoms with Gasteiger partial charge in [-0.15, -0.1) is 0 Å². The third kappa shape index (κ3) is 3.22. The van der Waals surface area contributed by atoms with Crippen LogP contribution >= 0.6 is 7.26 Å². The molecule has 0 radical (unpaired) electrons. The van der Waals surface area contributed by atoms with Gasteiger partial charge in [0.25, 0.3) is 0 Å². The molecule has 3 nitrogen and oxygen atoms in total. The van der Waals surface area contributed by atoms with E-state index < -0.39 is 7.26 Å². The Labute approximate surface area is 177 Å². The molecule has 0 bridgehead atoms. The molecular formula is C26H24N3P. The van der Waals surface area contributed by atoms with Crippen molar-refractivity contribution in [3.8, 4) is 0 Å². The molecule has 0 spiro atoms. The van der Waals surface area contributed by atoms with E-state index in [4.69, 9.17) is 10.1 Å². The van der Waals surface area contributed by atoms with E-state index in [2.05, 4.69) is 104 Å². The third-order valence-corrected chi connectivity index (χ3v) is 10.6. The second kappa shape index (κ2) is 7.85. The van der Waals surface area contributed by atoms with Gasteiger partial charge in [-0.05, 0) is 0 Å². The van der Waals surface area contributed by atoms with Gasteiger partial charge in [-0.2, -0.15) is 0 Å². The summed E-state index contributed by atoms with van der Waals surface area (Å²) in [6.45, 7) is 2.07. The van der Waals surface area contributed by atoms with Crippen molar-refractivity contribution in [3.63, 3.8) is 0 Å². The van der Waals surface area contributed by atoms with Crippen molar-refractivity contribution in [1.82, 2.24) is 14.6 Å². The first-order chi connectivity index (χ1) is 14.8. The number of aromatic nitrogens is 3. The molecule has 2 aromatic heterocycles. The summed E-state index contributed by atoms with van der Waals surface area (Å²) in [6, 6.07) is 38.9. The summed E-state index contributed by atoms with van der Waals surface area (Å²) in [4.78, 5) is 4.92. The third-order valence-electron chi connectivity index (χ3n) is 5.82. The molecule has 0 aliphatic heterocycles. The molecule has 0 saturated heterocycles. The van der Waals surface area contributed by atoms with Crippen LogP contribution in [0, 0.1) is 6.92 Å². The average Bonchev–Trinajstić information content (AvgIpc) is 3.23. The monoisotopic (exact) mass is 409 g/mol. The van der Waals surface area contributed by atoms with Gasteiger partial charge in [-0.1, -0.05) is 0 Å². The van der Waals surface area contributed by atoms with E-state index in [0.29, 0.717) is 0 Å². The van der Waals surface area contributed by atoms with E-state index in [1.807, 2.05) is 16.6 Å². The number of rotatable bonds is 5. The first kappa shape index (κ1) is 18.7. The molecule has 30 heavy (non-hydrogen) atoms. The van der Waals surface area contributed by atoms with Crippen LogP contribution in [-0.2, 0) is 6.16 Å². The molecule has 0 saturated carbocycles. The molecular weight excluding hydrogens is 385 g/mol. The number of benzene rings is 3. The molecule has 0 N–H and O–H groups in total. The Morgan fingerprint density at radius 1 is 0.633 bits per heavy atom. The van der Waals surface area contributed by atoms with E-state index in [0.717, 1.165) is 23.3 Å². The second-order valence-electron chi connectivity index (χ2n) is 7.65. The summed E-state index contributed by atoms with van der Waals surface area (Å²) in [5, 5.41) is 9.03. The van der Waals surface area contributed by atoms with Crippen LogP contribution in [0.2, 0.25) is 0 Å². The van der Waals surface area contributed by atoms with Crippen molar-refractivity contribution in [2.75, 3.05) is 0 Å². The molecule has 0 atom stereocenters. The summed E-state index contributed by atoms with van der Waals surface area (Å²) in [5.74, 6) is 0.896. The molecule has 4 heteroatoms. The first-order valence-corrected chi connectivity index (χ1v) is 12.5. The first-order valence-electron chi connectivity index (χ1n) is 10.3. The number of nitrogens with zero attached hydrogens (tertiary/aromatic N) is 3. The van der Waals surface area contributed by atoms with Crippen molar-refractivity contribution >= 4 is 28.8 Å². The normalized spacial score (nSPS) is 12.2. The average molecular weight is 409 g/mol. The van der Waals surface area contributed by atoms with Gasteiger partial charge in [0.15, 0.2) is 0 Å². The maximum atomic E-state index is 4.92. The van der Waals surface area contributed by atoms with Crippen molar-refractivity contribution in [3.05, 3.63) is 121 Å². The molecule has 3 aromatic carbocycles. The van der Waals surface area contributed by atoms with Crippen LogP contribution in [0.3, 0.4) is 0 Å². The number of fused-ring (bicyclic) bond motifs is 1. The van der Waals surface area contributed by atoms with Crippen LogP contribution < -0.4 is 15.9 Å². The zero-order valence-electron chi connectivity index (χ0n) is 16.9. The topological polar surface area (TPSA) is 30.2 Å². The summed E-state index contributed by atoms with van der Waals surface area (Å²) in [5.41, 5.74) is 2.00. The fourth-order valence-corrected chi connectivity index (χ4v) is 8.89. The Balaban J connectivity index is 1.77.